The number of likely N-dealkylation sites (N-methyl/N-ethyl adjacent to an activating group) is 1. The minimum absolute atomic E-state index is 0.329. The highest BCUT2D eigenvalue weighted by Gasteiger charge is 2.03. The number of unbranched alkanes of at least 4 members (excludes halogenated alkanes) is 4. The smallest absolute Gasteiger partial charge is 0.333 e. The number of ether oxygens (including phenoxy) is 1. The molecule has 0 aromatic heterocycles. The number of carbonyl (C=O) groups is 2. The molecule has 114 valence electrons. The van der Waals surface area contributed by atoms with Crippen LogP contribution in [0.2, 0.25) is 0 Å². The largest absolute Gasteiger partial charge is 0.461 e. The lowest BCUT2D eigenvalue weighted by Crippen LogP contribution is -2.24. The molecule has 0 bridgehead atoms. The third-order valence-electron chi connectivity index (χ3n) is 2.83. The molecule has 0 unspecified atom stereocenters. The summed E-state index contributed by atoms with van der Waals surface area (Å²) >= 11 is 0. The van der Waals surface area contributed by atoms with Crippen LogP contribution >= 0.6 is 0 Å². The van der Waals surface area contributed by atoms with E-state index in [1.54, 1.807) is 6.92 Å². The van der Waals surface area contributed by atoms with Crippen molar-refractivity contribution in [3.8, 4) is 0 Å². The zero-order valence-electron chi connectivity index (χ0n) is 12.8. The second-order valence-electron chi connectivity index (χ2n) is 4.95. The fourth-order valence-corrected chi connectivity index (χ4v) is 1.55. The predicted molar refractivity (Wildman–Crippen MR) is 81.6 cm³/mol. The van der Waals surface area contributed by atoms with E-state index >= 15 is 0 Å². The van der Waals surface area contributed by atoms with Gasteiger partial charge in [-0.25, -0.2) is 4.79 Å². The molecular formula is C16H27NO3. The van der Waals surface area contributed by atoms with E-state index < -0.39 is 0 Å². The molecule has 0 saturated carbocycles. The first-order valence-electron chi connectivity index (χ1n) is 7.17. The van der Waals surface area contributed by atoms with E-state index in [1.807, 2.05) is 7.05 Å². The Morgan fingerprint density at radius 2 is 1.90 bits per heavy atom. The number of hydrogen-bond acceptors (Lipinski definition) is 4. The van der Waals surface area contributed by atoms with Gasteiger partial charge < -0.3 is 9.53 Å². The number of hydrogen-bond donors (Lipinski definition) is 0. The van der Waals surface area contributed by atoms with Crippen molar-refractivity contribution in [1.29, 1.82) is 0 Å². The van der Waals surface area contributed by atoms with Gasteiger partial charge in [-0.1, -0.05) is 25.2 Å². The number of esters is 1. The van der Waals surface area contributed by atoms with E-state index in [4.69, 9.17) is 4.74 Å². The molecule has 4 nitrogen and oxygen atoms in total. The van der Waals surface area contributed by atoms with Crippen LogP contribution in [0.5, 0.6) is 0 Å². The van der Waals surface area contributed by atoms with Crippen LogP contribution in [0.15, 0.2) is 24.3 Å². The van der Waals surface area contributed by atoms with Crippen LogP contribution in [0, 0.1) is 0 Å². The number of nitrogens with zero attached hydrogens (tertiary/aromatic N) is 1. The fraction of sp³-hybridized carbons (Fsp3) is 0.625. The Kier molecular flexibility index (Phi) is 11.7. The molecule has 0 aliphatic rings. The first-order chi connectivity index (χ1) is 9.57. The van der Waals surface area contributed by atoms with Crippen LogP contribution in [0.1, 0.15) is 39.0 Å². The Morgan fingerprint density at radius 3 is 2.55 bits per heavy atom. The lowest BCUT2D eigenvalue weighted by molar-refractivity contribution is -0.139. The van der Waals surface area contributed by atoms with E-state index in [2.05, 4.69) is 23.6 Å². The summed E-state index contributed by atoms with van der Waals surface area (Å²) in [7, 11) is 1.99. The van der Waals surface area contributed by atoms with Gasteiger partial charge in [0.05, 0.1) is 0 Å². The minimum atomic E-state index is -0.329. The van der Waals surface area contributed by atoms with Gasteiger partial charge in [-0.05, 0) is 33.2 Å². The molecule has 0 fully saturated rings. The van der Waals surface area contributed by atoms with Crippen LogP contribution in [-0.2, 0) is 14.3 Å². The van der Waals surface area contributed by atoms with Gasteiger partial charge in [-0.2, -0.15) is 0 Å². The molecule has 0 amide bonds. The Bertz CT molecular complexity index is 324. The first kappa shape index (κ1) is 18.6. The van der Waals surface area contributed by atoms with Gasteiger partial charge in [0.1, 0.15) is 12.9 Å². The molecule has 0 aliphatic heterocycles. The van der Waals surface area contributed by atoms with Gasteiger partial charge >= 0.3 is 5.97 Å². The molecular weight excluding hydrogens is 254 g/mol. The van der Waals surface area contributed by atoms with Crippen LogP contribution in [0.4, 0.5) is 0 Å². The Labute approximate surface area is 122 Å². The number of rotatable bonds is 12. The van der Waals surface area contributed by atoms with Gasteiger partial charge in [0.2, 0.25) is 0 Å². The highest BCUT2D eigenvalue weighted by molar-refractivity contribution is 5.86. The molecule has 0 aromatic rings. The van der Waals surface area contributed by atoms with E-state index in [0.717, 1.165) is 38.5 Å². The predicted octanol–water partition coefficient (Wildman–Crippen LogP) is 2.74. The summed E-state index contributed by atoms with van der Waals surface area (Å²) in [6, 6.07) is 0. The number of aldehydes is 1. The van der Waals surface area contributed by atoms with Crippen molar-refractivity contribution in [2.75, 3.05) is 26.7 Å². The SMILES string of the molecule is C=C(C)C(=O)OCCN(C)C/C=C/CCCCCC=O. The molecule has 0 N–H and O–H groups in total. The molecule has 0 radical (unpaired) electrons. The zero-order valence-corrected chi connectivity index (χ0v) is 12.8. The molecule has 0 rings (SSSR count). The van der Waals surface area contributed by atoms with E-state index in [0.29, 0.717) is 25.1 Å². The standard InChI is InChI=1S/C16H27NO3/c1-15(2)16(19)20-14-12-17(3)11-9-7-5-4-6-8-10-13-18/h7,9,13H,1,4-6,8,10-12,14H2,2-3H3/b9-7+. The summed E-state index contributed by atoms with van der Waals surface area (Å²) in [5.41, 5.74) is 0.433. The first-order valence-corrected chi connectivity index (χ1v) is 7.17. The van der Waals surface area contributed by atoms with Gasteiger partial charge in [-0.15, -0.1) is 0 Å². The highest BCUT2D eigenvalue weighted by atomic mass is 16.5. The van der Waals surface area contributed by atoms with Crippen molar-refractivity contribution in [1.82, 2.24) is 4.90 Å². The summed E-state index contributed by atoms with van der Waals surface area (Å²) in [5, 5.41) is 0. The van der Waals surface area contributed by atoms with Crippen molar-refractivity contribution in [2.24, 2.45) is 0 Å². The van der Waals surface area contributed by atoms with E-state index in [1.165, 1.54) is 0 Å². The van der Waals surface area contributed by atoms with Crippen molar-refractivity contribution < 1.29 is 14.3 Å². The summed E-state index contributed by atoms with van der Waals surface area (Å²) in [6.07, 6.45) is 10.2. The van der Waals surface area contributed by atoms with Crippen LogP contribution in [0.3, 0.4) is 0 Å². The summed E-state index contributed by atoms with van der Waals surface area (Å²) in [6.45, 7) is 7.12. The van der Waals surface area contributed by atoms with Crippen molar-refractivity contribution in [3.05, 3.63) is 24.3 Å². The Morgan fingerprint density at radius 1 is 1.20 bits per heavy atom. The Hall–Kier alpha value is -1.42. The molecule has 0 saturated heterocycles. The molecule has 0 aliphatic carbocycles. The van der Waals surface area contributed by atoms with Crippen molar-refractivity contribution in [3.63, 3.8) is 0 Å². The van der Waals surface area contributed by atoms with Crippen molar-refractivity contribution >= 4 is 12.3 Å². The van der Waals surface area contributed by atoms with Gasteiger partial charge in [0.15, 0.2) is 0 Å². The number of carbonyl (C=O) groups excluding carboxylic acids is 2. The summed E-state index contributed by atoms with van der Waals surface area (Å²) in [5.74, 6) is -0.329. The minimum Gasteiger partial charge on any atom is -0.461 e. The van der Waals surface area contributed by atoms with E-state index in [-0.39, 0.29) is 5.97 Å². The average molecular weight is 281 g/mol. The van der Waals surface area contributed by atoms with Gasteiger partial charge in [0.25, 0.3) is 0 Å². The monoisotopic (exact) mass is 281 g/mol. The molecule has 0 atom stereocenters. The van der Waals surface area contributed by atoms with Crippen molar-refractivity contribution in [2.45, 2.75) is 39.0 Å². The number of allylic oxidation sites excluding steroid dienone is 1. The maximum absolute atomic E-state index is 11.2. The lowest BCUT2D eigenvalue weighted by atomic mass is 10.1. The second-order valence-corrected chi connectivity index (χ2v) is 4.95. The highest BCUT2D eigenvalue weighted by Crippen LogP contribution is 2.02. The molecule has 4 heteroatoms. The lowest BCUT2D eigenvalue weighted by Gasteiger charge is -2.14. The normalized spacial score (nSPS) is 10.9. The van der Waals surface area contributed by atoms with Crippen LogP contribution in [-0.4, -0.2) is 43.9 Å². The molecule has 0 heterocycles. The third-order valence-corrected chi connectivity index (χ3v) is 2.83. The maximum Gasteiger partial charge on any atom is 0.333 e. The Balaban J connectivity index is 3.47. The fourth-order valence-electron chi connectivity index (χ4n) is 1.55. The summed E-state index contributed by atoms with van der Waals surface area (Å²) < 4.78 is 5.02. The topological polar surface area (TPSA) is 46.6 Å². The quantitative estimate of drug-likeness (QED) is 0.181. The van der Waals surface area contributed by atoms with Crippen LogP contribution < -0.4 is 0 Å². The van der Waals surface area contributed by atoms with E-state index in [9.17, 15) is 9.59 Å². The second kappa shape index (κ2) is 12.6. The van der Waals surface area contributed by atoms with Gasteiger partial charge in [-0.3, -0.25) is 4.90 Å². The third kappa shape index (κ3) is 11.7. The maximum atomic E-state index is 11.2. The average Bonchev–Trinajstić information content (AvgIpc) is 2.41. The zero-order chi connectivity index (χ0) is 15.2. The summed E-state index contributed by atoms with van der Waals surface area (Å²) in [4.78, 5) is 23.4. The van der Waals surface area contributed by atoms with Gasteiger partial charge in [0, 0.05) is 25.1 Å². The van der Waals surface area contributed by atoms with Crippen LogP contribution in [0.25, 0.3) is 0 Å². The molecule has 0 spiro atoms. The molecule has 0 aromatic carbocycles. The molecule has 20 heavy (non-hydrogen) atoms.